The zero-order chi connectivity index (χ0) is 17.7. The van der Waals surface area contributed by atoms with Gasteiger partial charge >= 0.3 is 0 Å². The predicted octanol–water partition coefficient (Wildman–Crippen LogP) is 1.13. The van der Waals surface area contributed by atoms with Gasteiger partial charge in [-0.15, -0.1) is 0 Å². The third kappa shape index (κ3) is 5.54. The number of amides is 2. The maximum atomic E-state index is 13.1. The zero-order valence-corrected chi connectivity index (χ0v) is 13.6. The number of hydrogen-bond donors (Lipinski definition) is 2. The van der Waals surface area contributed by atoms with Crippen LogP contribution in [0.5, 0.6) is 0 Å². The molecule has 6 nitrogen and oxygen atoms in total. The van der Waals surface area contributed by atoms with Crippen molar-refractivity contribution in [3.63, 3.8) is 0 Å². The normalized spacial score (nSPS) is 21.3. The van der Waals surface area contributed by atoms with Crippen LogP contribution < -0.4 is 10.6 Å². The third-order valence-corrected chi connectivity index (χ3v) is 3.51. The largest absolute Gasteiger partial charge is 0.373 e. The maximum Gasteiger partial charge on any atom is 0.243 e. The summed E-state index contributed by atoms with van der Waals surface area (Å²) in [5.41, 5.74) is 0.129. The van der Waals surface area contributed by atoms with Crippen molar-refractivity contribution >= 4 is 17.5 Å². The van der Waals surface area contributed by atoms with E-state index in [4.69, 9.17) is 4.74 Å². The molecular weight excluding hydrogens is 320 g/mol. The Kier molecular flexibility index (Phi) is 6.22. The monoisotopic (exact) mass is 341 g/mol. The molecule has 8 heteroatoms. The highest BCUT2D eigenvalue weighted by Crippen LogP contribution is 2.13. The molecule has 1 aliphatic heterocycles. The Morgan fingerprint density at radius 2 is 1.83 bits per heavy atom. The van der Waals surface area contributed by atoms with Crippen molar-refractivity contribution < 1.29 is 23.1 Å². The fourth-order valence-electron chi connectivity index (χ4n) is 2.63. The van der Waals surface area contributed by atoms with Gasteiger partial charge in [0.15, 0.2) is 11.6 Å². The molecule has 24 heavy (non-hydrogen) atoms. The molecule has 0 radical (unpaired) electrons. The average molecular weight is 341 g/mol. The van der Waals surface area contributed by atoms with Gasteiger partial charge < -0.3 is 15.4 Å². The number of rotatable bonds is 5. The number of halogens is 2. The van der Waals surface area contributed by atoms with E-state index >= 15 is 0 Å². The Balaban J connectivity index is 1.74. The Bertz CT molecular complexity index is 602. The molecule has 2 N–H and O–H groups in total. The van der Waals surface area contributed by atoms with Crippen LogP contribution in [0.1, 0.15) is 13.8 Å². The molecule has 0 spiro atoms. The van der Waals surface area contributed by atoms with Crippen molar-refractivity contribution in [1.82, 2.24) is 10.2 Å². The van der Waals surface area contributed by atoms with E-state index < -0.39 is 17.5 Å². The van der Waals surface area contributed by atoms with Crippen LogP contribution in [0.15, 0.2) is 18.2 Å². The van der Waals surface area contributed by atoms with E-state index in [2.05, 4.69) is 10.6 Å². The van der Waals surface area contributed by atoms with Gasteiger partial charge in [-0.3, -0.25) is 14.5 Å². The van der Waals surface area contributed by atoms with Gasteiger partial charge in [0.25, 0.3) is 0 Å². The van der Waals surface area contributed by atoms with Crippen molar-refractivity contribution in [2.75, 3.05) is 31.5 Å². The molecule has 1 saturated heterocycles. The number of benzene rings is 1. The molecule has 1 aromatic rings. The summed E-state index contributed by atoms with van der Waals surface area (Å²) in [5, 5.41) is 4.89. The van der Waals surface area contributed by atoms with Crippen LogP contribution in [0.25, 0.3) is 0 Å². The Morgan fingerprint density at radius 1 is 1.17 bits per heavy atom. The van der Waals surface area contributed by atoms with Crippen LogP contribution in [-0.2, 0) is 14.3 Å². The van der Waals surface area contributed by atoms with Gasteiger partial charge in [0, 0.05) is 24.8 Å². The van der Waals surface area contributed by atoms with Gasteiger partial charge in [-0.2, -0.15) is 0 Å². The molecule has 2 amide bonds. The molecule has 2 atom stereocenters. The fourth-order valence-corrected chi connectivity index (χ4v) is 2.63. The highest BCUT2D eigenvalue weighted by atomic mass is 19.2. The van der Waals surface area contributed by atoms with Crippen molar-refractivity contribution in [1.29, 1.82) is 0 Å². The van der Waals surface area contributed by atoms with Gasteiger partial charge in [-0.25, -0.2) is 8.78 Å². The lowest BCUT2D eigenvalue weighted by Crippen LogP contribution is -2.49. The maximum absolute atomic E-state index is 13.1. The topological polar surface area (TPSA) is 70.7 Å². The second-order valence-electron chi connectivity index (χ2n) is 5.91. The summed E-state index contributed by atoms with van der Waals surface area (Å²) in [6, 6.07) is 3.05. The number of carbonyl (C=O) groups is 2. The van der Waals surface area contributed by atoms with Crippen molar-refractivity contribution in [2.45, 2.75) is 26.1 Å². The van der Waals surface area contributed by atoms with Gasteiger partial charge in [0.05, 0.1) is 25.3 Å². The first-order chi connectivity index (χ1) is 11.3. The summed E-state index contributed by atoms with van der Waals surface area (Å²) in [5.74, 6) is -2.84. The minimum absolute atomic E-state index is 0.0539. The smallest absolute Gasteiger partial charge is 0.243 e. The minimum Gasteiger partial charge on any atom is -0.373 e. The summed E-state index contributed by atoms with van der Waals surface area (Å²) >= 11 is 0. The molecule has 2 rings (SSSR count). The number of nitrogens with zero attached hydrogens (tertiary/aromatic N) is 1. The molecule has 132 valence electrons. The number of ether oxygens (including phenoxy) is 1. The van der Waals surface area contributed by atoms with Crippen LogP contribution in [0.2, 0.25) is 0 Å². The van der Waals surface area contributed by atoms with Crippen molar-refractivity contribution in [3.05, 3.63) is 29.8 Å². The Morgan fingerprint density at radius 3 is 2.46 bits per heavy atom. The third-order valence-electron chi connectivity index (χ3n) is 3.51. The predicted molar refractivity (Wildman–Crippen MR) is 84.4 cm³/mol. The molecule has 1 heterocycles. The summed E-state index contributed by atoms with van der Waals surface area (Å²) in [7, 11) is 0. The molecular formula is C16H21F2N3O3. The highest BCUT2D eigenvalue weighted by molar-refractivity contribution is 5.94. The average Bonchev–Trinajstić information content (AvgIpc) is 2.48. The van der Waals surface area contributed by atoms with E-state index in [1.54, 1.807) is 0 Å². The molecule has 0 aromatic heterocycles. The van der Waals surface area contributed by atoms with E-state index in [1.807, 2.05) is 18.7 Å². The summed E-state index contributed by atoms with van der Waals surface area (Å²) in [6.45, 7) is 5.12. The molecule has 1 aromatic carbocycles. The van der Waals surface area contributed by atoms with Crippen LogP contribution in [0.4, 0.5) is 14.5 Å². The molecule has 1 aliphatic rings. The minimum atomic E-state index is -1.05. The number of hydrogen-bond acceptors (Lipinski definition) is 4. The first-order valence-electron chi connectivity index (χ1n) is 7.73. The number of nitrogens with one attached hydrogen (secondary N) is 2. The summed E-state index contributed by atoms with van der Waals surface area (Å²) in [4.78, 5) is 25.6. The van der Waals surface area contributed by atoms with Crippen molar-refractivity contribution in [3.8, 4) is 0 Å². The van der Waals surface area contributed by atoms with Crippen LogP contribution in [0.3, 0.4) is 0 Å². The second kappa shape index (κ2) is 8.16. The van der Waals surface area contributed by atoms with Crippen LogP contribution in [-0.4, -0.2) is 55.1 Å². The van der Waals surface area contributed by atoms with Gasteiger partial charge in [-0.1, -0.05) is 0 Å². The van der Waals surface area contributed by atoms with Gasteiger partial charge in [-0.05, 0) is 26.0 Å². The molecule has 0 aliphatic carbocycles. The van der Waals surface area contributed by atoms with Crippen LogP contribution >= 0.6 is 0 Å². The van der Waals surface area contributed by atoms with E-state index in [9.17, 15) is 18.4 Å². The summed E-state index contributed by atoms with van der Waals surface area (Å²) < 4.78 is 31.5. The molecule has 0 saturated carbocycles. The van der Waals surface area contributed by atoms with Crippen molar-refractivity contribution in [2.24, 2.45) is 0 Å². The summed E-state index contributed by atoms with van der Waals surface area (Å²) in [6.07, 6.45) is 0.108. The number of carbonyl (C=O) groups excluding carboxylic acids is 2. The van der Waals surface area contributed by atoms with Crippen LogP contribution in [0, 0.1) is 11.6 Å². The lowest BCUT2D eigenvalue weighted by atomic mass is 10.2. The standard InChI is InChI=1S/C16H21F2N3O3/c1-10-7-21(8-11(2)24-10)9-16(23)19-6-15(22)20-12-3-4-13(17)14(18)5-12/h3-5,10-11H,6-9H2,1-2H3,(H,19,23)(H,20,22)/t10-,11+. The molecule has 0 bridgehead atoms. The first kappa shape index (κ1) is 18.3. The molecule has 1 fully saturated rings. The zero-order valence-electron chi connectivity index (χ0n) is 13.6. The van der Waals surface area contributed by atoms with E-state index in [0.29, 0.717) is 13.1 Å². The van der Waals surface area contributed by atoms with E-state index in [-0.39, 0.29) is 36.9 Å². The SMILES string of the molecule is C[C@@H]1CN(CC(=O)NCC(=O)Nc2ccc(F)c(F)c2)C[C@H](C)O1. The van der Waals surface area contributed by atoms with Gasteiger partial charge in [0.2, 0.25) is 11.8 Å². The Hall–Kier alpha value is -2.06. The lowest BCUT2D eigenvalue weighted by Gasteiger charge is -2.34. The quantitative estimate of drug-likeness (QED) is 0.842. The number of anilines is 1. The molecule has 0 unspecified atom stereocenters. The van der Waals surface area contributed by atoms with Gasteiger partial charge in [0.1, 0.15) is 0 Å². The highest BCUT2D eigenvalue weighted by Gasteiger charge is 2.23. The fraction of sp³-hybridized carbons (Fsp3) is 0.500. The first-order valence-corrected chi connectivity index (χ1v) is 7.73. The second-order valence-corrected chi connectivity index (χ2v) is 5.91. The van der Waals surface area contributed by atoms with E-state index in [1.165, 1.54) is 6.07 Å². The Labute approximate surface area is 139 Å². The lowest BCUT2D eigenvalue weighted by molar-refractivity contribution is -0.128. The number of morpholine rings is 1. The van der Waals surface area contributed by atoms with E-state index in [0.717, 1.165) is 12.1 Å².